The number of carbonyl (C=O) groups is 1. The molecule has 0 bridgehead atoms. The van der Waals surface area contributed by atoms with Crippen molar-refractivity contribution in [3.63, 3.8) is 0 Å². The van der Waals surface area contributed by atoms with Crippen molar-refractivity contribution in [2.24, 2.45) is 0 Å². The maximum Gasteiger partial charge on any atom is 0.287 e. The van der Waals surface area contributed by atoms with E-state index in [9.17, 15) is 9.18 Å². The Balaban J connectivity index is 1.42. The molecule has 1 aliphatic heterocycles. The van der Waals surface area contributed by atoms with Crippen LogP contribution < -0.4 is 14.8 Å². The molecule has 2 aromatic carbocycles. The smallest absolute Gasteiger partial charge is 0.287 e. The molecule has 1 unspecified atom stereocenters. The molecule has 2 heterocycles. The van der Waals surface area contributed by atoms with Crippen molar-refractivity contribution in [3.8, 4) is 11.5 Å². The van der Waals surface area contributed by atoms with Crippen molar-refractivity contribution < 1.29 is 23.1 Å². The molecule has 4 rings (SSSR count). The minimum absolute atomic E-state index is 0.131. The molecule has 5 nitrogen and oxygen atoms in total. The van der Waals surface area contributed by atoms with Crippen LogP contribution in [0, 0.1) is 19.7 Å². The molecule has 0 aliphatic carbocycles. The zero-order valence-electron chi connectivity index (χ0n) is 16.3. The summed E-state index contributed by atoms with van der Waals surface area (Å²) in [5.74, 6) is 1.50. The third-order valence-corrected chi connectivity index (χ3v) is 4.86. The summed E-state index contributed by atoms with van der Waals surface area (Å²) in [6, 6.07) is 13.0. The number of rotatable bonds is 5. The van der Waals surface area contributed by atoms with E-state index in [0.29, 0.717) is 24.5 Å². The zero-order chi connectivity index (χ0) is 20.4. The van der Waals surface area contributed by atoms with Crippen molar-refractivity contribution in [3.05, 3.63) is 82.6 Å². The molecule has 6 heteroatoms. The molecule has 0 saturated heterocycles. The molecule has 3 aromatic rings. The molecular weight excluding hydrogens is 373 g/mol. The first-order valence-electron chi connectivity index (χ1n) is 9.51. The van der Waals surface area contributed by atoms with Gasteiger partial charge in [0.2, 0.25) is 0 Å². The van der Waals surface area contributed by atoms with Crippen molar-refractivity contribution in [2.45, 2.75) is 32.9 Å². The van der Waals surface area contributed by atoms with Gasteiger partial charge < -0.3 is 19.2 Å². The largest absolute Gasteiger partial charge is 0.493 e. The normalized spacial score (nSPS) is 15.3. The summed E-state index contributed by atoms with van der Waals surface area (Å²) in [6.45, 7) is 4.74. The lowest BCUT2D eigenvalue weighted by molar-refractivity contribution is 0.0892. The lowest BCUT2D eigenvalue weighted by Gasteiger charge is -2.28. The van der Waals surface area contributed by atoms with E-state index in [0.717, 1.165) is 22.4 Å². The summed E-state index contributed by atoms with van der Waals surface area (Å²) in [5.41, 5.74) is 3.19. The third-order valence-electron chi connectivity index (χ3n) is 4.86. The van der Waals surface area contributed by atoms with Gasteiger partial charge in [0.05, 0.1) is 12.6 Å². The van der Waals surface area contributed by atoms with Gasteiger partial charge in [0, 0.05) is 12.0 Å². The number of amides is 1. The Morgan fingerprint density at radius 1 is 1.17 bits per heavy atom. The highest BCUT2D eigenvalue weighted by Crippen LogP contribution is 2.35. The molecule has 0 fully saturated rings. The van der Waals surface area contributed by atoms with Gasteiger partial charge in [0.1, 0.15) is 29.7 Å². The fourth-order valence-electron chi connectivity index (χ4n) is 3.52. The van der Waals surface area contributed by atoms with E-state index in [1.165, 1.54) is 12.1 Å². The van der Waals surface area contributed by atoms with E-state index < -0.39 is 0 Å². The second-order valence-electron chi connectivity index (χ2n) is 7.17. The van der Waals surface area contributed by atoms with Crippen LogP contribution in [0.15, 0.2) is 52.9 Å². The quantitative estimate of drug-likeness (QED) is 0.670. The van der Waals surface area contributed by atoms with E-state index in [1.807, 2.05) is 13.8 Å². The number of nitrogens with one attached hydrogen (secondary N) is 1. The van der Waals surface area contributed by atoms with Crippen LogP contribution in [0.3, 0.4) is 0 Å². The molecule has 1 atom stereocenters. The minimum atomic E-state index is -0.325. The highest BCUT2D eigenvalue weighted by atomic mass is 19.1. The minimum Gasteiger partial charge on any atom is -0.493 e. The summed E-state index contributed by atoms with van der Waals surface area (Å²) in [4.78, 5) is 12.7. The zero-order valence-corrected chi connectivity index (χ0v) is 16.3. The van der Waals surface area contributed by atoms with Crippen molar-refractivity contribution in [1.82, 2.24) is 5.32 Å². The number of hydrogen-bond donors (Lipinski definition) is 1. The van der Waals surface area contributed by atoms with E-state index in [4.69, 9.17) is 13.9 Å². The average Bonchev–Trinajstić information content (AvgIpc) is 3.17. The fourth-order valence-corrected chi connectivity index (χ4v) is 3.52. The number of hydrogen-bond acceptors (Lipinski definition) is 4. The first-order chi connectivity index (χ1) is 14.0. The van der Waals surface area contributed by atoms with Crippen LogP contribution in [0.2, 0.25) is 0 Å². The molecule has 0 radical (unpaired) electrons. The van der Waals surface area contributed by atoms with Crippen molar-refractivity contribution in [1.29, 1.82) is 0 Å². The van der Waals surface area contributed by atoms with Crippen molar-refractivity contribution in [2.75, 3.05) is 6.61 Å². The molecule has 1 N–H and O–H groups in total. The second-order valence-corrected chi connectivity index (χ2v) is 7.17. The van der Waals surface area contributed by atoms with Gasteiger partial charge in [-0.1, -0.05) is 17.7 Å². The van der Waals surface area contributed by atoms with Gasteiger partial charge >= 0.3 is 0 Å². The van der Waals surface area contributed by atoms with E-state index in [-0.39, 0.29) is 30.1 Å². The first kappa shape index (κ1) is 19.1. The first-order valence-corrected chi connectivity index (χ1v) is 9.51. The van der Waals surface area contributed by atoms with E-state index >= 15 is 0 Å². The number of carbonyl (C=O) groups excluding carboxylic acids is 1. The Bertz CT molecular complexity index is 1030. The SMILES string of the molecule is Cc1cc(C)c2c(c1)C(NC(=O)c1ccc(COc3ccc(F)cc3)o1)CCO2. The lowest BCUT2D eigenvalue weighted by atomic mass is 9.95. The van der Waals surface area contributed by atoms with Crippen LogP contribution in [0.1, 0.15) is 45.5 Å². The van der Waals surface area contributed by atoms with Crippen LogP contribution in [0.4, 0.5) is 4.39 Å². The molecule has 0 spiro atoms. The highest BCUT2D eigenvalue weighted by Gasteiger charge is 2.26. The van der Waals surface area contributed by atoms with Gasteiger partial charge in [-0.05, 0) is 55.8 Å². The van der Waals surface area contributed by atoms with Crippen LogP contribution in [-0.2, 0) is 6.61 Å². The van der Waals surface area contributed by atoms with Crippen LogP contribution in [0.25, 0.3) is 0 Å². The van der Waals surface area contributed by atoms with E-state index in [1.54, 1.807) is 24.3 Å². The number of benzene rings is 2. The molecule has 29 heavy (non-hydrogen) atoms. The molecule has 150 valence electrons. The van der Waals surface area contributed by atoms with Crippen LogP contribution in [0.5, 0.6) is 11.5 Å². The van der Waals surface area contributed by atoms with Gasteiger partial charge in [0.25, 0.3) is 5.91 Å². The second kappa shape index (κ2) is 7.99. The maximum atomic E-state index is 12.9. The Morgan fingerprint density at radius 2 is 1.97 bits per heavy atom. The molecular formula is C23H22FNO4. The fraction of sp³-hybridized carbons (Fsp3) is 0.261. The van der Waals surface area contributed by atoms with Crippen LogP contribution >= 0.6 is 0 Å². The van der Waals surface area contributed by atoms with E-state index in [2.05, 4.69) is 17.4 Å². The topological polar surface area (TPSA) is 60.7 Å². The van der Waals surface area contributed by atoms with Crippen molar-refractivity contribution >= 4 is 5.91 Å². The predicted octanol–water partition coefficient (Wildman–Crippen LogP) is 4.87. The average molecular weight is 395 g/mol. The number of fused-ring (bicyclic) bond motifs is 1. The molecule has 0 saturated carbocycles. The monoisotopic (exact) mass is 395 g/mol. The van der Waals surface area contributed by atoms with Gasteiger partial charge in [-0.25, -0.2) is 4.39 Å². The maximum absolute atomic E-state index is 12.9. The Hall–Kier alpha value is -3.28. The Kier molecular flexibility index (Phi) is 5.25. The number of ether oxygens (including phenoxy) is 2. The summed E-state index contributed by atoms with van der Waals surface area (Å²) in [7, 11) is 0. The molecule has 1 aromatic heterocycles. The number of furan rings is 1. The summed E-state index contributed by atoms with van der Waals surface area (Å²) in [5, 5.41) is 3.04. The van der Waals surface area contributed by atoms with Gasteiger partial charge in [0.15, 0.2) is 5.76 Å². The molecule has 1 amide bonds. The number of halogens is 1. The van der Waals surface area contributed by atoms with Gasteiger partial charge in [-0.3, -0.25) is 4.79 Å². The standard InChI is InChI=1S/C23H22FNO4/c1-14-11-15(2)22-19(12-14)20(9-10-27-22)25-23(26)21-8-7-18(29-21)13-28-17-5-3-16(24)4-6-17/h3-8,11-12,20H,9-10,13H2,1-2H3,(H,25,26). The predicted molar refractivity (Wildman–Crippen MR) is 106 cm³/mol. The van der Waals surface area contributed by atoms with Gasteiger partial charge in [-0.2, -0.15) is 0 Å². The number of aryl methyl sites for hydroxylation is 2. The van der Waals surface area contributed by atoms with Gasteiger partial charge in [-0.15, -0.1) is 0 Å². The molecule has 1 aliphatic rings. The Morgan fingerprint density at radius 3 is 2.76 bits per heavy atom. The lowest BCUT2D eigenvalue weighted by Crippen LogP contribution is -2.32. The summed E-state index contributed by atoms with van der Waals surface area (Å²) < 4.78 is 29.9. The summed E-state index contributed by atoms with van der Waals surface area (Å²) >= 11 is 0. The highest BCUT2D eigenvalue weighted by molar-refractivity contribution is 5.91. The third kappa shape index (κ3) is 4.26. The van der Waals surface area contributed by atoms with Crippen LogP contribution in [-0.4, -0.2) is 12.5 Å². The summed E-state index contributed by atoms with van der Waals surface area (Å²) in [6.07, 6.45) is 0.697. The Labute approximate surface area is 168 Å².